The molecular weight excluding hydrogens is 264 g/mol. The van der Waals surface area contributed by atoms with Gasteiger partial charge >= 0.3 is 0 Å². The number of benzene rings is 2. The molecular formula is C17H20N2O2. The van der Waals surface area contributed by atoms with E-state index in [1.54, 1.807) is 11.1 Å². The molecule has 0 saturated heterocycles. The molecule has 4 nitrogen and oxygen atoms in total. The van der Waals surface area contributed by atoms with E-state index in [0.29, 0.717) is 12.2 Å². The van der Waals surface area contributed by atoms with Gasteiger partial charge in [0, 0.05) is 12.7 Å². The summed E-state index contributed by atoms with van der Waals surface area (Å²) in [4.78, 5) is 18.0. The number of nitrogens with one attached hydrogen (secondary N) is 1. The summed E-state index contributed by atoms with van der Waals surface area (Å²) in [6.07, 6.45) is 0.919. The highest BCUT2D eigenvalue weighted by Crippen LogP contribution is 2.21. The van der Waals surface area contributed by atoms with E-state index in [1.807, 2.05) is 62.5 Å². The average Bonchev–Trinajstić information content (AvgIpc) is 2.53. The number of nitrogens with zero attached hydrogens (tertiary/aromatic N) is 1. The van der Waals surface area contributed by atoms with Crippen LogP contribution in [-0.4, -0.2) is 19.6 Å². The first-order valence-corrected chi connectivity index (χ1v) is 7.04. The molecule has 0 aromatic heterocycles. The number of carbonyl (C=O) groups excluding carboxylic acids is 1. The average molecular weight is 284 g/mol. The van der Waals surface area contributed by atoms with Gasteiger partial charge in [0.1, 0.15) is 0 Å². The van der Waals surface area contributed by atoms with E-state index in [2.05, 4.69) is 5.32 Å². The number of amides is 1. The Morgan fingerprint density at radius 1 is 1.10 bits per heavy atom. The van der Waals surface area contributed by atoms with Gasteiger partial charge in [-0.3, -0.25) is 14.7 Å². The fourth-order valence-electron chi connectivity index (χ4n) is 1.96. The van der Waals surface area contributed by atoms with E-state index in [4.69, 9.17) is 4.84 Å². The zero-order chi connectivity index (χ0) is 15.1. The third kappa shape index (κ3) is 4.07. The summed E-state index contributed by atoms with van der Waals surface area (Å²) in [6, 6.07) is 16.8. The Morgan fingerprint density at radius 2 is 1.76 bits per heavy atom. The van der Waals surface area contributed by atoms with Gasteiger partial charge in [-0.05, 0) is 30.7 Å². The first-order valence-electron chi connectivity index (χ1n) is 7.04. The second kappa shape index (κ2) is 7.45. The maximum Gasteiger partial charge on any atom is 0.257 e. The lowest BCUT2D eigenvalue weighted by Crippen LogP contribution is -2.22. The maximum absolute atomic E-state index is 12.4. The second-order valence-electron chi connectivity index (χ2n) is 4.67. The number of hydrogen-bond acceptors (Lipinski definition) is 3. The summed E-state index contributed by atoms with van der Waals surface area (Å²) in [6.45, 7) is 2.66. The molecule has 1 amide bonds. The first kappa shape index (κ1) is 15.1. The molecule has 4 heteroatoms. The molecule has 1 N–H and O–H groups in total. The second-order valence-corrected chi connectivity index (χ2v) is 4.67. The highest BCUT2D eigenvalue weighted by atomic mass is 16.7. The summed E-state index contributed by atoms with van der Waals surface area (Å²) in [7, 11) is 1.81. The quantitative estimate of drug-likeness (QED) is 0.822. The van der Waals surface area contributed by atoms with Gasteiger partial charge in [-0.15, -0.1) is 0 Å². The highest BCUT2D eigenvalue weighted by Gasteiger charge is 2.14. The van der Waals surface area contributed by atoms with Gasteiger partial charge in [-0.25, -0.2) is 0 Å². The van der Waals surface area contributed by atoms with Crippen molar-refractivity contribution in [3.63, 3.8) is 0 Å². The monoisotopic (exact) mass is 284 g/mol. The standard InChI is InChI=1S/C17H20N2O2/c1-3-13-21-19(2)16-12-8-7-11-15(16)17(20)18-14-9-5-4-6-10-14/h4-12H,3,13H2,1-2H3,(H,18,20). The minimum atomic E-state index is -0.149. The van der Waals surface area contributed by atoms with Crippen molar-refractivity contribution in [3.8, 4) is 0 Å². The van der Waals surface area contributed by atoms with Gasteiger partial charge in [-0.2, -0.15) is 0 Å². The molecule has 0 unspecified atom stereocenters. The topological polar surface area (TPSA) is 41.6 Å². The van der Waals surface area contributed by atoms with Crippen LogP contribution in [0.4, 0.5) is 11.4 Å². The van der Waals surface area contributed by atoms with Gasteiger partial charge in [0.2, 0.25) is 0 Å². The van der Waals surface area contributed by atoms with Crippen LogP contribution in [0.3, 0.4) is 0 Å². The molecule has 0 atom stereocenters. The van der Waals surface area contributed by atoms with Crippen LogP contribution in [0.2, 0.25) is 0 Å². The minimum absolute atomic E-state index is 0.149. The Balaban J connectivity index is 2.17. The van der Waals surface area contributed by atoms with Crippen molar-refractivity contribution in [2.24, 2.45) is 0 Å². The Kier molecular flexibility index (Phi) is 5.35. The molecule has 2 aromatic carbocycles. The fourth-order valence-corrected chi connectivity index (χ4v) is 1.96. The van der Waals surface area contributed by atoms with E-state index in [9.17, 15) is 4.79 Å². The Morgan fingerprint density at radius 3 is 2.48 bits per heavy atom. The molecule has 21 heavy (non-hydrogen) atoms. The smallest absolute Gasteiger partial charge is 0.257 e. The lowest BCUT2D eigenvalue weighted by Gasteiger charge is -2.21. The summed E-state index contributed by atoms with van der Waals surface area (Å²) >= 11 is 0. The van der Waals surface area contributed by atoms with E-state index in [-0.39, 0.29) is 5.91 Å². The van der Waals surface area contributed by atoms with Crippen LogP contribution in [-0.2, 0) is 4.84 Å². The zero-order valence-electron chi connectivity index (χ0n) is 12.4. The van der Waals surface area contributed by atoms with Crippen molar-refractivity contribution in [3.05, 3.63) is 60.2 Å². The molecule has 0 aliphatic rings. The van der Waals surface area contributed by atoms with Crippen LogP contribution in [0.25, 0.3) is 0 Å². The SMILES string of the molecule is CCCON(C)c1ccccc1C(=O)Nc1ccccc1. The van der Waals surface area contributed by atoms with Gasteiger partial charge in [0.15, 0.2) is 0 Å². The van der Waals surface area contributed by atoms with Gasteiger partial charge in [0.05, 0.1) is 17.9 Å². The molecule has 2 rings (SSSR count). The van der Waals surface area contributed by atoms with E-state index in [0.717, 1.165) is 17.8 Å². The summed E-state index contributed by atoms with van der Waals surface area (Å²) in [5.41, 5.74) is 2.11. The normalized spacial score (nSPS) is 10.2. The number of carbonyl (C=O) groups is 1. The van der Waals surface area contributed by atoms with Crippen LogP contribution in [0.15, 0.2) is 54.6 Å². The molecule has 0 spiro atoms. The predicted octanol–water partition coefficient (Wildman–Crippen LogP) is 3.72. The highest BCUT2D eigenvalue weighted by molar-refractivity contribution is 6.08. The molecule has 0 radical (unpaired) electrons. The Labute approximate surface area is 125 Å². The largest absolute Gasteiger partial charge is 0.322 e. The lowest BCUT2D eigenvalue weighted by atomic mass is 10.1. The predicted molar refractivity (Wildman–Crippen MR) is 85.5 cm³/mol. The van der Waals surface area contributed by atoms with E-state index >= 15 is 0 Å². The number of hydrogen-bond donors (Lipinski definition) is 1. The van der Waals surface area contributed by atoms with E-state index < -0.39 is 0 Å². The van der Waals surface area contributed by atoms with Crippen molar-refractivity contribution in [2.75, 3.05) is 24.0 Å². The maximum atomic E-state index is 12.4. The molecule has 2 aromatic rings. The molecule has 110 valence electrons. The van der Waals surface area contributed by atoms with Crippen LogP contribution < -0.4 is 10.4 Å². The molecule has 0 heterocycles. The number of anilines is 2. The molecule has 0 saturated carbocycles. The first-order chi connectivity index (χ1) is 10.2. The van der Waals surface area contributed by atoms with Crippen LogP contribution >= 0.6 is 0 Å². The number of para-hydroxylation sites is 2. The summed E-state index contributed by atoms with van der Waals surface area (Å²) < 4.78 is 0. The van der Waals surface area contributed by atoms with Crippen molar-refractivity contribution in [1.82, 2.24) is 0 Å². The van der Waals surface area contributed by atoms with Crippen molar-refractivity contribution in [2.45, 2.75) is 13.3 Å². The van der Waals surface area contributed by atoms with Gasteiger partial charge < -0.3 is 5.32 Å². The zero-order valence-corrected chi connectivity index (χ0v) is 12.4. The van der Waals surface area contributed by atoms with Crippen molar-refractivity contribution in [1.29, 1.82) is 0 Å². The molecule has 0 fully saturated rings. The van der Waals surface area contributed by atoms with Crippen LogP contribution in [0.1, 0.15) is 23.7 Å². The molecule has 0 aliphatic heterocycles. The van der Waals surface area contributed by atoms with E-state index in [1.165, 1.54) is 0 Å². The molecule has 0 aliphatic carbocycles. The summed E-state index contributed by atoms with van der Waals surface area (Å²) in [5, 5.41) is 4.53. The number of hydroxylamine groups is 1. The number of rotatable bonds is 6. The third-order valence-electron chi connectivity index (χ3n) is 3.01. The van der Waals surface area contributed by atoms with Crippen LogP contribution in [0.5, 0.6) is 0 Å². The molecule has 0 bridgehead atoms. The van der Waals surface area contributed by atoms with Crippen LogP contribution in [0, 0.1) is 0 Å². The Hall–Kier alpha value is -2.33. The fraction of sp³-hybridized carbons (Fsp3) is 0.235. The van der Waals surface area contributed by atoms with Crippen molar-refractivity contribution >= 4 is 17.3 Å². The Bertz CT molecular complexity index is 584. The van der Waals surface area contributed by atoms with Gasteiger partial charge in [0.25, 0.3) is 5.91 Å². The van der Waals surface area contributed by atoms with Crippen molar-refractivity contribution < 1.29 is 9.63 Å². The lowest BCUT2D eigenvalue weighted by molar-refractivity contribution is 0.101. The summed E-state index contributed by atoms with van der Waals surface area (Å²) in [5.74, 6) is -0.149. The minimum Gasteiger partial charge on any atom is -0.322 e. The third-order valence-corrected chi connectivity index (χ3v) is 3.01. The van der Waals surface area contributed by atoms with Gasteiger partial charge in [-0.1, -0.05) is 37.3 Å².